The van der Waals surface area contributed by atoms with Crippen molar-refractivity contribution < 1.29 is 51.6 Å². The zero-order valence-corrected chi connectivity index (χ0v) is 17.4. The number of alkyl halides is 6. The number of rotatable bonds is 5. The Hall–Kier alpha value is -0.570. The molecule has 170 valence electrons. The fourth-order valence-electron chi connectivity index (χ4n) is 5.51. The molecule has 6 nitrogen and oxygen atoms in total. The van der Waals surface area contributed by atoms with Crippen LogP contribution in [0.4, 0.5) is 26.3 Å². The van der Waals surface area contributed by atoms with E-state index < -0.39 is 73.5 Å². The molecule has 0 aliphatic heterocycles. The molecule has 0 aromatic rings. The highest BCUT2D eigenvalue weighted by Gasteiger charge is 2.75. The zero-order chi connectivity index (χ0) is 22.5. The quantitative estimate of drug-likeness (QED) is 0.546. The summed E-state index contributed by atoms with van der Waals surface area (Å²) >= 11 is 0. The van der Waals surface area contributed by atoms with Gasteiger partial charge in [-0.25, -0.2) is 29.6 Å². The summed E-state index contributed by atoms with van der Waals surface area (Å²) in [4.78, 5) is 0. The first kappa shape index (κ1) is 23.1. The molecule has 0 aromatic heterocycles. The summed E-state index contributed by atoms with van der Waals surface area (Å²) in [6.07, 6.45) is -8.05. The van der Waals surface area contributed by atoms with Crippen LogP contribution < -0.4 is 0 Å². The van der Waals surface area contributed by atoms with Crippen LogP contribution in [0.15, 0.2) is 0 Å². The van der Waals surface area contributed by atoms with Crippen molar-refractivity contribution in [2.75, 3.05) is 6.26 Å². The maximum atomic E-state index is 15.0. The lowest BCUT2D eigenvalue weighted by atomic mass is 9.54. The van der Waals surface area contributed by atoms with Gasteiger partial charge in [0, 0.05) is 12.7 Å². The Bertz CT molecular complexity index is 1020. The Morgan fingerprint density at radius 2 is 1.31 bits per heavy atom. The van der Waals surface area contributed by atoms with E-state index >= 15 is 4.39 Å². The summed E-state index contributed by atoms with van der Waals surface area (Å²) in [7, 11) is -18.4. The van der Waals surface area contributed by atoms with E-state index in [0.717, 1.165) is 0 Å². The topological polar surface area (TPSA) is 102 Å². The van der Waals surface area contributed by atoms with Crippen molar-refractivity contribution in [2.45, 2.75) is 64.3 Å². The van der Waals surface area contributed by atoms with Crippen LogP contribution in [0.5, 0.6) is 0 Å². The van der Waals surface area contributed by atoms with Crippen LogP contribution in [0.3, 0.4) is 0 Å². The van der Waals surface area contributed by atoms with E-state index in [1.807, 2.05) is 0 Å². The minimum atomic E-state index is -7.14. The number of hydrogen-bond acceptors (Lipinski definition) is 6. The molecule has 4 saturated carbocycles. The highest BCUT2D eigenvalue weighted by Crippen LogP contribution is 2.63. The highest BCUT2D eigenvalue weighted by molar-refractivity contribution is 8.24. The molecule has 29 heavy (non-hydrogen) atoms. The first-order valence-corrected chi connectivity index (χ1v) is 13.5. The van der Waals surface area contributed by atoms with E-state index in [1.165, 1.54) is 0 Å². The largest absolute Gasteiger partial charge is 0.469 e. The second-order valence-corrected chi connectivity index (χ2v) is 16.0. The van der Waals surface area contributed by atoms with Gasteiger partial charge in [-0.2, -0.15) is 22.0 Å². The lowest BCUT2D eigenvalue weighted by Crippen LogP contribution is -2.64. The smallest absolute Gasteiger partial charge is 0.244 e. The molecule has 15 heteroatoms. The predicted octanol–water partition coefficient (Wildman–Crippen LogP) is 2.36. The molecule has 4 rings (SSSR count). The molecule has 0 radical (unpaired) electrons. The Kier molecular flexibility index (Phi) is 4.79. The summed E-state index contributed by atoms with van der Waals surface area (Å²) in [5, 5.41) is -6.63. The Labute approximate surface area is 163 Å². The van der Waals surface area contributed by atoms with Crippen molar-refractivity contribution in [3.63, 3.8) is 0 Å². The van der Waals surface area contributed by atoms with Gasteiger partial charge >= 0.3 is 11.4 Å². The first-order chi connectivity index (χ1) is 12.7. The minimum absolute atomic E-state index is 0.0368. The van der Waals surface area contributed by atoms with E-state index in [4.69, 9.17) is 0 Å². The molecule has 0 saturated heterocycles. The van der Waals surface area contributed by atoms with Crippen LogP contribution in [0.2, 0.25) is 0 Å². The molecule has 3 atom stereocenters. The second-order valence-electron chi connectivity index (χ2n) is 8.52. The van der Waals surface area contributed by atoms with E-state index in [0.29, 0.717) is 6.42 Å². The second kappa shape index (κ2) is 6.02. The van der Waals surface area contributed by atoms with Crippen LogP contribution in [-0.2, 0) is 29.5 Å². The summed E-state index contributed by atoms with van der Waals surface area (Å²) in [5.74, 6) is -1.11. The van der Waals surface area contributed by atoms with Gasteiger partial charge in [0.25, 0.3) is 13.8 Å². The van der Waals surface area contributed by atoms with E-state index in [2.05, 4.69) is 0 Å². The Morgan fingerprint density at radius 3 is 1.66 bits per heavy atom. The molecule has 0 aromatic carbocycles. The van der Waals surface area contributed by atoms with Gasteiger partial charge in [-0.05, 0) is 43.9 Å². The molecule has 0 amide bonds. The van der Waals surface area contributed by atoms with Gasteiger partial charge in [0.15, 0.2) is 19.7 Å². The van der Waals surface area contributed by atoms with Gasteiger partial charge in [-0.15, -0.1) is 0 Å². The fourth-order valence-corrected chi connectivity index (χ4v) is 14.8. The van der Waals surface area contributed by atoms with Gasteiger partial charge in [0.05, 0.1) is 4.75 Å². The molecule has 3 unspecified atom stereocenters. The van der Waals surface area contributed by atoms with Gasteiger partial charge in [-0.3, -0.25) is 0 Å². The summed E-state index contributed by atoms with van der Waals surface area (Å²) < 4.78 is 149. The predicted molar refractivity (Wildman–Crippen MR) is 88.7 cm³/mol. The third-order valence-electron chi connectivity index (χ3n) is 6.08. The van der Waals surface area contributed by atoms with Crippen LogP contribution >= 0.6 is 0 Å². The average molecular weight is 492 g/mol. The summed E-state index contributed by atoms with van der Waals surface area (Å²) in [5.41, 5.74) is -2.06. The molecule has 4 fully saturated rings. The minimum Gasteiger partial charge on any atom is -0.244 e. The highest BCUT2D eigenvalue weighted by atomic mass is 32.3. The van der Waals surface area contributed by atoms with Crippen LogP contribution in [-0.4, -0.2) is 57.3 Å². The molecule has 4 aliphatic rings. The van der Waals surface area contributed by atoms with Crippen molar-refractivity contribution >= 4 is 29.5 Å². The zero-order valence-electron chi connectivity index (χ0n) is 14.9. The summed E-state index contributed by atoms with van der Waals surface area (Å²) in [6, 6.07) is 0. The summed E-state index contributed by atoms with van der Waals surface area (Å²) in [6.45, 7) is 0. The monoisotopic (exact) mass is 492 g/mol. The first-order valence-electron chi connectivity index (χ1n) is 8.48. The maximum Gasteiger partial charge on any atom is 0.469 e. The van der Waals surface area contributed by atoms with Gasteiger partial charge in [-0.1, -0.05) is 0 Å². The van der Waals surface area contributed by atoms with Crippen LogP contribution in [0.25, 0.3) is 0 Å². The Morgan fingerprint density at radius 1 is 0.862 bits per heavy atom. The average Bonchev–Trinajstić information content (AvgIpc) is 2.40. The fraction of sp³-hybridized carbons (Fsp3) is 1.00. The third kappa shape index (κ3) is 3.20. The van der Waals surface area contributed by atoms with Crippen molar-refractivity contribution in [3.05, 3.63) is 0 Å². The third-order valence-corrected chi connectivity index (χ3v) is 15.6. The molecule has 4 bridgehead atoms. The number of sulfone groups is 3. The van der Waals surface area contributed by atoms with Crippen molar-refractivity contribution in [2.24, 2.45) is 11.8 Å². The standard InChI is InChI=1S/C14H18F6O6S3/c1-27(21,22)10(29(25,26)14(19,20)13(16,17)18)28(23,24)12-5-8-2-9(6-12)4-11(15,3-8)7-12/h8-10H,2-7H2,1H3. The molecule has 0 heterocycles. The van der Waals surface area contributed by atoms with E-state index in [9.17, 15) is 47.2 Å². The molecule has 0 N–H and O–H groups in total. The SMILES string of the molecule is CS(=O)(=O)C(S(=O)(=O)C12CC3CC(CC(F)(C3)C1)C2)S(=O)(=O)C(F)(F)C(F)(F)F. The normalized spacial score (nSPS) is 36.9. The van der Waals surface area contributed by atoms with Gasteiger partial charge in [0.1, 0.15) is 5.67 Å². The van der Waals surface area contributed by atoms with Crippen molar-refractivity contribution in [1.82, 2.24) is 0 Å². The number of halogens is 6. The van der Waals surface area contributed by atoms with E-state index in [1.54, 1.807) is 0 Å². The molecular formula is C14H18F6O6S3. The lowest BCUT2D eigenvalue weighted by molar-refractivity contribution is -0.241. The number of hydrogen-bond donors (Lipinski definition) is 0. The van der Waals surface area contributed by atoms with Crippen LogP contribution in [0.1, 0.15) is 38.5 Å². The van der Waals surface area contributed by atoms with Crippen LogP contribution in [0, 0.1) is 11.8 Å². The maximum absolute atomic E-state index is 15.0. The molecular weight excluding hydrogens is 474 g/mol. The van der Waals surface area contributed by atoms with Gasteiger partial charge in [0.2, 0.25) is 0 Å². The van der Waals surface area contributed by atoms with Gasteiger partial charge < -0.3 is 0 Å². The van der Waals surface area contributed by atoms with E-state index in [-0.39, 0.29) is 31.9 Å². The lowest BCUT2D eigenvalue weighted by Gasteiger charge is -2.58. The Balaban J connectivity index is 2.21. The molecule has 4 aliphatic carbocycles. The molecule has 0 spiro atoms. The van der Waals surface area contributed by atoms with Crippen molar-refractivity contribution in [3.8, 4) is 0 Å². The van der Waals surface area contributed by atoms with Crippen molar-refractivity contribution in [1.29, 1.82) is 0 Å².